The van der Waals surface area contributed by atoms with Crippen molar-refractivity contribution in [2.24, 2.45) is 0 Å². The molecule has 1 aliphatic carbocycles. The molecule has 1 heterocycles. The Bertz CT molecular complexity index is 961. The van der Waals surface area contributed by atoms with Gasteiger partial charge in [-0.05, 0) is 64.2 Å². The van der Waals surface area contributed by atoms with Crippen molar-refractivity contribution in [2.75, 3.05) is 0 Å². The fourth-order valence-corrected chi connectivity index (χ4v) is 3.39. The Labute approximate surface area is 156 Å². The lowest BCUT2D eigenvalue weighted by Gasteiger charge is -2.20. The number of carbonyl (C=O) groups is 2. The molecule has 0 spiro atoms. The fourth-order valence-electron chi connectivity index (χ4n) is 3.39. The Balaban J connectivity index is 1.90. The number of benzene rings is 1. The van der Waals surface area contributed by atoms with Crippen LogP contribution in [0.25, 0.3) is 11.0 Å². The first-order valence-electron chi connectivity index (χ1n) is 9.07. The average molecular weight is 373 g/mol. The van der Waals surface area contributed by atoms with Crippen molar-refractivity contribution in [3.8, 4) is 5.75 Å². The molecular formula is C20H23NO6. The van der Waals surface area contributed by atoms with E-state index in [1.165, 1.54) is 13.8 Å². The van der Waals surface area contributed by atoms with Gasteiger partial charge >= 0.3 is 11.6 Å². The van der Waals surface area contributed by atoms with Gasteiger partial charge in [-0.15, -0.1) is 0 Å². The Morgan fingerprint density at radius 1 is 1.19 bits per heavy atom. The number of hydrogen-bond acceptors (Lipinski definition) is 5. The lowest BCUT2D eigenvalue weighted by Crippen LogP contribution is -2.44. The minimum atomic E-state index is -1.12. The van der Waals surface area contributed by atoms with E-state index in [0.29, 0.717) is 16.9 Å². The fraction of sp³-hybridized carbons (Fsp3) is 0.450. The monoisotopic (exact) mass is 373 g/mol. The maximum Gasteiger partial charge on any atom is 0.339 e. The molecule has 1 aromatic heterocycles. The van der Waals surface area contributed by atoms with E-state index in [1.54, 1.807) is 13.0 Å². The van der Waals surface area contributed by atoms with E-state index in [-0.39, 0.29) is 5.63 Å². The number of carboxylic acid groups (broad SMARTS) is 1. The summed E-state index contributed by atoms with van der Waals surface area (Å²) in [6, 6.07) is 2.61. The number of hydrogen-bond donors (Lipinski definition) is 2. The van der Waals surface area contributed by atoms with Gasteiger partial charge in [-0.25, -0.2) is 4.79 Å². The van der Waals surface area contributed by atoms with Gasteiger partial charge in [-0.3, -0.25) is 9.59 Å². The largest absolute Gasteiger partial charge is 0.480 e. The SMILES string of the molecule is Cc1c(O[C@H](C)C(=O)N[C@@H](C)C(=O)O)ccc2c3c(c(=O)oc12)CCCC3. The first-order chi connectivity index (χ1) is 12.8. The third-order valence-corrected chi connectivity index (χ3v) is 4.99. The van der Waals surface area contributed by atoms with Crippen LogP contribution >= 0.6 is 0 Å². The number of nitrogens with one attached hydrogen (secondary N) is 1. The molecule has 0 aliphatic heterocycles. The molecule has 2 N–H and O–H groups in total. The Morgan fingerprint density at radius 3 is 2.52 bits per heavy atom. The molecule has 7 heteroatoms. The topological polar surface area (TPSA) is 106 Å². The number of aliphatic carboxylic acids is 1. The maximum absolute atomic E-state index is 12.3. The molecule has 1 aromatic carbocycles. The molecular weight excluding hydrogens is 350 g/mol. The number of aryl methyl sites for hydroxylation is 2. The van der Waals surface area contributed by atoms with Crippen LogP contribution in [-0.2, 0) is 22.4 Å². The zero-order valence-corrected chi connectivity index (χ0v) is 15.6. The van der Waals surface area contributed by atoms with Crippen LogP contribution in [0, 0.1) is 6.92 Å². The van der Waals surface area contributed by atoms with Crippen LogP contribution in [0.5, 0.6) is 5.75 Å². The highest BCUT2D eigenvalue weighted by molar-refractivity contribution is 5.87. The van der Waals surface area contributed by atoms with E-state index in [2.05, 4.69) is 5.32 Å². The molecule has 0 saturated carbocycles. The molecule has 2 atom stereocenters. The number of fused-ring (bicyclic) bond motifs is 3. The second kappa shape index (κ2) is 7.42. The number of amides is 1. The predicted molar refractivity (Wildman–Crippen MR) is 99.2 cm³/mol. The van der Waals surface area contributed by atoms with Gasteiger partial charge in [-0.1, -0.05) is 0 Å². The molecule has 3 rings (SSSR count). The van der Waals surface area contributed by atoms with Gasteiger partial charge in [0.15, 0.2) is 6.10 Å². The summed E-state index contributed by atoms with van der Waals surface area (Å²) in [7, 11) is 0. The number of carboxylic acids is 1. The van der Waals surface area contributed by atoms with Crippen molar-refractivity contribution in [2.45, 2.75) is 58.6 Å². The highest BCUT2D eigenvalue weighted by Gasteiger charge is 2.23. The van der Waals surface area contributed by atoms with Gasteiger partial charge < -0.3 is 19.6 Å². The summed E-state index contributed by atoms with van der Waals surface area (Å²) in [5, 5.41) is 12.2. The third kappa shape index (κ3) is 3.67. The zero-order chi connectivity index (χ0) is 19.7. The van der Waals surface area contributed by atoms with E-state index < -0.39 is 24.0 Å². The van der Waals surface area contributed by atoms with Gasteiger partial charge in [0.05, 0.1) is 0 Å². The van der Waals surface area contributed by atoms with Crippen LogP contribution in [0.1, 0.15) is 43.4 Å². The standard InChI is InChI=1S/C20H23NO6/c1-10-16(26-12(3)18(22)21-11(2)19(23)24)9-8-14-13-6-4-5-7-15(13)20(25)27-17(10)14/h8-9,11-12H,4-7H2,1-3H3,(H,21,22)(H,23,24)/t11-,12+/m0/s1. The molecule has 0 saturated heterocycles. The first-order valence-corrected chi connectivity index (χ1v) is 9.07. The van der Waals surface area contributed by atoms with Crippen LogP contribution < -0.4 is 15.7 Å². The van der Waals surface area contributed by atoms with Crippen molar-refractivity contribution in [1.29, 1.82) is 0 Å². The zero-order valence-electron chi connectivity index (χ0n) is 15.6. The molecule has 0 unspecified atom stereocenters. The van der Waals surface area contributed by atoms with Crippen LogP contribution in [0.3, 0.4) is 0 Å². The maximum atomic E-state index is 12.3. The molecule has 0 fully saturated rings. The summed E-state index contributed by atoms with van der Waals surface area (Å²) >= 11 is 0. The van der Waals surface area contributed by atoms with Crippen LogP contribution in [0.2, 0.25) is 0 Å². The summed E-state index contributed by atoms with van der Waals surface area (Å²) in [6.07, 6.45) is 2.73. The number of carbonyl (C=O) groups excluding carboxylic acids is 1. The first kappa shape index (κ1) is 18.9. The molecule has 144 valence electrons. The highest BCUT2D eigenvalue weighted by Crippen LogP contribution is 2.32. The van der Waals surface area contributed by atoms with Crippen molar-refractivity contribution >= 4 is 22.8 Å². The third-order valence-electron chi connectivity index (χ3n) is 4.99. The number of rotatable bonds is 5. The van der Waals surface area contributed by atoms with E-state index in [4.69, 9.17) is 14.3 Å². The summed E-state index contributed by atoms with van der Waals surface area (Å²) < 4.78 is 11.3. The van der Waals surface area contributed by atoms with Gasteiger partial charge in [0, 0.05) is 16.5 Å². The van der Waals surface area contributed by atoms with Crippen molar-refractivity contribution in [3.05, 3.63) is 39.2 Å². The molecule has 2 aromatic rings. The smallest absolute Gasteiger partial charge is 0.339 e. The summed E-state index contributed by atoms with van der Waals surface area (Å²) in [4.78, 5) is 35.3. The molecule has 1 amide bonds. The molecule has 1 aliphatic rings. The number of ether oxygens (including phenoxy) is 1. The normalized spacial score (nSPS) is 15.7. The summed E-state index contributed by atoms with van der Waals surface area (Å²) in [5.41, 5.74) is 2.62. The van der Waals surface area contributed by atoms with Crippen LogP contribution in [0.15, 0.2) is 21.3 Å². The van der Waals surface area contributed by atoms with E-state index in [0.717, 1.165) is 42.2 Å². The summed E-state index contributed by atoms with van der Waals surface area (Å²) in [5.74, 6) is -1.23. The van der Waals surface area contributed by atoms with Gasteiger partial charge in [0.2, 0.25) is 0 Å². The molecule has 0 bridgehead atoms. The van der Waals surface area contributed by atoms with Gasteiger partial charge in [0.25, 0.3) is 5.91 Å². The van der Waals surface area contributed by atoms with Gasteiger partial charge in [-0.2, -0.15) is 0 Å². The highest BCUT2D eigenvalue weighted by atomic mass is 16.5. The Hall–Kier alpha value is -2.83. The Kier molecular flexibility index (Phi) is 5.21. The lowest BCUT2D eigenvalue weighted by molar-refractivity contribution is -0.142. The van der Waals surface area contributed by atoms with E-state index in [1.807, 2.05) is 6.07 Å². The second-order valence-corrected chi connectivity index (χ2v) is 6.95. The Morgan fingerprint density at radius 2 is 1.85 bits per heavy atom. The van der Waals surface area contributed by atoms with Crippen LogP contribution in [-0.4, -0.2) is 29.1 Å². The molecule has 27 heavy (non-hydrogen) atoms. The minimum Gasteiger partial charge on any atom is -0.480 e. The van der Waals surface area contributed by atoms with Crippen LogP contribution in [0.4, 0.5) is 0 Å². The van der Waals surface area contributed by atoms with Gasteiger partial charge in [0.1, 0.15) is 17.4 Å². The average Bonchev–Trinajstić information content (AvgIpc) is 2.64. The van der Waals surface area contributed by atoms with E-state index >= 15 is 0 Å². The quantitative estimate of drug-likeness (QED) is 0.779. The second-order valence-electron chi connectivity index (χ2n) is 6.95. The van der Waals surface area contributed by atoms with E-state index in [9.17, 15) is 14.4 Å². The summed E-state index contributed by atoms with van der Waals surface area (Å²) in [6.45, 7) is 4.70. The van der Waals surface area contributed by atoms with Crippen molar-refractivity contribution < 1.29 is 23.8 Å². The van der Waals surface area contributed by atoms with Crippen molar-refractivity contribution in [3.63, 3.8) is 0 Å². The predicted octanol–water partition coefficient (Wildman–Crippen LogP) is 2.34. The van der Waals surface area contributed by atoms with Crippen molar-refractivity contribution in [1.82, 2.24) is 5.32 Å². The lowest BCUT2D eigenvalue weighted by atomic mass is 9.90. The molecule has 7 nitrogen and oxygen atoms in total. The minimum absolute atomic E-state index is 0.307. The molecule has 0 radical (unpaired) electrons.